The first kappa shape index (κ1) is 14.9. The molecule has 0 spiro atoms. The zero-order chi connectivity index (χ0) is 15.5. The van der Waals surface area contributed by atoms with Gasteiger partial charge in [-0.05, 0) is 17.7 Å². The summed E-state index contributed by atoms with van der Waals surface area (Å²) in [5.74, 6) is -4.43. The Hall–Kier alpha value is -2.50. The van der Waals surface area contributed by atoms with E-state index in [0.29, 0.717) is 6.07 Å². The van der Waals surface area contributed by atoms with E-state index in [2.05, 4.69) is 4.74 Å². The van der Waals surface area contributed by atoms with Crippen LogP contribution in [0.1, 0.15) is 17.2 Å². The van der Waals surface area contributed by atoms with Gasteiger partial charge in [0.1, 0.15) is 5.82 Å². The van der Waals surface area contributed by atoms with Crippen molar-refractivity contribution in [3.8, 4) is 0 Å². The minimum Gasteiger partial charge on any atom is -0.435 e. The maximum Gasteiger partial charge on any atom is 0.405 e. The number of benzene rings is 2. The first-order valence-electron chi connectivity index (χ1n) is 6.06. The number of halogens is 3. The molecule has 21 heavy (non-hydrogen) atoms. The summed E-state index contributed by atoms with van der Waals surface area (Å²) >= 11 is 0. The number of alkyl halides is 2. The Balaban J connectivity index is 2.46. The van der Waals surface area contributed by atoms with Crippen molar-refractivity contribution in [1.29, 1.82) is 0 Å². The van der Waals surface area contributed by atoms with Crippen LogP contribution in [0.15, 0.2) is 54.6 Å². The van der Waals surface area contributed by atoms with Crippen molar-refractivity contribution in [3.05, 3.63) is 71.5 Å². The highest BCUT2D eigenvalue weighted by Gasteiger charge is 2.45. The van der Waals surface area contributed by atoms with Gasteiger partial charge in [0.2, 0.25) is 0 Å². The van der Waals surface area contributed by atoms with Crippen LogP contribution in [-0.4, -0.2) is 6.09 Å². The summed E-state index contributed by atoms with van der Waals surface area (Å²) in [4.78, 5) is 10.9. The number of carbonyl (C=O) groups excluding carboxylic acids is 1. The van der Waals surface area contributed by atoms with Crippen LogP contribution < -0.4 is 5.73 Å². The highest BCUT2D eigenvalue weighted by Crippen LogP contribution is 2.43. The lowest BCUT2D eigenvalue weighted by atomic mass is 9.97. The molecule has 0 fully saturated rings. The van der Waals surface area contributed by atoms with Crippen LogP contribution in [-0.2, 0) is 10.7 Å². The quantitative estimate of drug-likeness (QED) is 0.933. The molecule has 1 atom stereocenters. The fraction of sp³-hybridized carbons (Fsp3) is 0.133. The molecule has 0 aliphatic rings. The van der Waals surface area contributed by atoms with E-state index in [0.717, 1.165) is 18.2 Å². The number of hydrogen-bond donors (Lipinski definition) is 1. The average Bonchev–Trinajstić information content (AvgIpc) is 2.45. The summed E-state index contributed by atoms with van der Waals surface area (Å²) in [6.45, 7) is 0. The smallest absolute Gasteiger partial charge is 0.405 e. The number of rotatable bonds is 4. The van der Waals surface area contributed by atoms with Gasteiger partial charge in [-0.25, -0.2) is 9.18 Å². The molecule has 0 aliphatic carbocycles. The molecular formula is C15H12F3NO2. The van der Waals surface area contributed by atoms with Crippen LogP contribution in [0.3, 0.4) is 0 Å². The third kappa shape index (κ3) is 3.34. The SMILES string of the molecule is NC(=O)O[C@@H](c1ccccc1)C(F)(F)c1cccc(F)c1. The molecule has 0 aromatic heterocycles. The molecule has 0 bridgehead atoms. The van der Waals surface area contributed by atoms with Crippen LogP contribution in [0.5, 0.6) is 0 Å². The van der Waals surface area contributed by atoms with Crippen molar-refractivity contribution >= 4 is 6.09 Å². The van der Waals surface area contributed by atoms with E-state index in [-0.39, 0.29) is 5.56 Å². The first-order chi connectivity index (χ1) is 9.91. The van der Waals surface area contributed by atoms with Crippen LogP contribution in [0.2, 0.25) is 0 Å². The predicted molar refractivity (Wildman–Crippen MR) is 70.1 cm³/mol. The lowest BCUT2D eigenvalue weighted by Crippen LogP contribution is -2.30. The van der Waals surface area contributed by atoms with E-state index < -0.39 is 29.5 Å². The average molecular weight is 295 g/mol. The second-order valence-electron chi connectivity index (χ2n) is 4.36. The zero-order valence-electron chi connectivity index (χ0n) is 10.8. The van der Waals surface area contributed by atoms with Crippen molar-refractivity contribution in [2.24, 2.45) is 5.73 Å². The standard InChI is InChI=1S/C15H12F3NO2/c16-12-8-4-7-11(9-12)15(17,18)13(21-14(19)20)10-5-2-1-3-6-10/h1-9,13H,(H2,19,20)/t13-/m0/s1. The lowest BCUT2D eigenvalue weighted by molar-refractivity contribution is -0.119. The van der Waals surface area contributed by atoms with Crippen molar-refractivity contribution in [2.45, 2.75) is 12.0 Å². The summed E-state index contributed by atoms with van der Waals surface area (Å²) in [7, 11) is 0. The third-order valence-electron chi connectivity index (χ3n) is 2.88. The number of primary amides is 1. The van der Waals surface area contributed by atoms with Gasteiger partial charge in [0, 0.05) is 5.56 Å². The Morgan fingerprint density at radius 1 is 1.10 bits per heavy atom. The number of carbonyl (C=O) groups is 1. The molecule has 0 saturated carbocycles. The number of hydrogen-bond acceptors (Lipinski definition) is 2. The molecule has 6 heteroatoms. The van der Waals surface area contributed by atoms with E-state index in [9.17, 15) is 18.0 Å². The fourth-order valence-electron chi connectivity index (χ4n) is 1.94. The number of nitrogens with two attached hydrogens (primary N) is 1. The third-order valence-corrected chi connectivity index (χ3v) is 2.88. The topological polar surface area (TPSA) is 52.3 Å². The van der Waals surface area contributed by atoms with Crippen LogP contribution in [0.25, 0.3) is 0 Å². The highest BCUT2D eigenvalue weighted by atomic mass is 19.3. The van der Waals surface area contributed by atoms with Crippen molar-refractivity contribution in [1.82, 2.24) is 0 Å². The predicted octanol–water partition coefficient (Wildman–Crippen LogP) is 3.75. The van der Waals surface area contributed by atoms with Gasteiger partial charge >= 0.3 is 12.0 Å². The Bertz CT molecular complexity index is 632. The van der Waals surface area contributed by atoms with Gasteiger partial charge in [0.05, 0.1) is 0 Å². The maximum atomic E-state index is 14.5. The van der Waals surface area contributed by atoms with Gasteiger partial charge in [-0.2, -0.15) is 8.78 Å². The molecule has 1 amide bonds. The molecule has 2 aromatic carbocycles. The van der Waals surface area contributed by atoms with Gasteiger partial charge in [-0.3, -0.25) is 0 Å². The second-order valence-corrected chi connectivity index (χ2v) is 4.36. The molecule has 2 rings (SSSR count). The first-order valence-corrected chi connectivity index (χ1v) is 6.06. The van der Waals surface area contributed by atoms with Crippen molar-refractivity contribution in [3.63, 3.8) is 0 Å². The zero-order valence-corrected chi connectivity index (χ0v) is 10.8. The lowest BCUT2D eigenvalue weighted by Gasteiger charge is -2.26. The van der Waals surface area contributed by atoms with E-state index in [1.807, 2.05) is 0 Å². The summed E-state index contributed by atoms with van der Waals surface area (Å²) in [6, 6.07) is 11.4. The minimum atomic E-state index is -3.63. The van der Waals surface area contributed by atoms with Gasteiger partial charge in [-0.1, -0.05) is 42.5 Å². The van der Waals surface area contributed by atoms with Gasteiger partial charge in [0.15, 0.2) is 6.10 Å². The molecular weight excluding hydrogens is 283 g/mol. The number of ether oxygens (including phenoxy) is 1. The van der Waals surface area contributed by atoms with Gasteiger partial charge < -0.3 is 10.5 Å². The van der Waals surface area contributed by atoms with Crippen molar-refractivity contribution < 1.29 is 22.7 Å². The van der Waals surface area contributed by atoms with E-state index in [1.54, 1.807) is 6.07 Å². The molecule has 3 nitrogen and oxygen atoms in total. The molecule has 110 valence electrons. The highest BCUT2D eigenvalue weighted by molar-refractivity contribution is 5.65. The Labute approximate surface area is 119 Å². The molecule has 2 aromatic rings. The summed E-state index contributed by atoms with van der Waals surface area (Å²) < 4.78 is 46.8. The fourth-order valence-corrected chi connectivity index (χ4v) is 1.94. The Morgan fingerprint density at radius 2 is 1.76 bits per heavy atom. The normalized spacial score (nSPS) is 12.7. The van der Waals surface area contributed by atoms with Crippen LogP contribution in [0, 0.1) is 5.82 Å². The minimum absolute atomic E-state index is 0.0607. The molecule has 0 unspecified atom stereocenters. The van der Waals surface area contributed by atoms with E-state index >= 15 is 0 Å². The van der Waals surface area contributed by atoms with E-state index in [4.69, 9.17) is 5.73 Å². The molecule has 0 aliphatic heterocycles. The second kappa shape index (κ2) is 5.87. The summed E-state index contributed by atoms with van der Waals surface area (Å²) in [5, 5.41) is 0. The van der Waals surface area contributed by atoms with Crippen LogP contribution in [0.4, 0.5) is 18.0 Å². The van der Waals surface area contributed by atoms with Gasteiger partial charge in [0.25, 0.3) is 0 Å². The van der Waals surface area contributed by atoms with Crippen molar-refractivity contribution in [2.75, 3.05) is 0 Å². The Kier molecular flexibility index (Phi) is 4.16. The van der Waals surface area contributed by atoms with E-state index in [1.165, 1.54) is 24.3 Å². The summed E-state index contributed by atoms with van der Waals surface area (Å²) in [6.07, 6.45) is -3.27. The molecule has 0 radical (unpaired) electrons. The largest absolute Gasteiger partial charge is 0.435 e. The molecule has 0 saturated heterocycles. The molecule has 0 heterocycles. The molecule has 2 N–H and O–H groups in total. The Morgan fingerprint density at radius 3 is 2.33 bits per heavy atom. The van der Waals surface area contributed by atoms with Crippen LogP contribution >= 0.6 is 0 Å². The number of amides is 1. The van der Waals surface area contributed by atoms with Gasteiger partial charge in [-0.15, -0.1) is 0 Å². The monoisotopic (exact) mass is 295 g/mol. The maximum absolute atomic E-state index is 14.5. The summed E-state index contributed by atoms with van der Waals surface area (Å²) in [5.41, 5.74) is 4.33.